The fourth-order valence-corrected chi connectivity index (χ4v) is 6.68. The molecule has 0 aromatic heterocycles. The minimum atomic E-state index is -5.08. The van der Waals surface area contributed by atoms with Crippen molar-refractivity contribution in [2.24, 2.45) is 11.5 Å². The lowest BCUT2D eigenvalue weighted by Gasteiger charge is -2.27. The lowest BCUT2D eigenvalue weighted by Crippen LogP contribution is -3.00. The summed E-state index contributed by atoms with van der Waals surface area (Å²) in [6, 6.07) is 17.3. The molecule has 2 aliphatic rings. The highest BCUT2D eigenvalue weighted by atomic mass is 35.5. The molecule has 0 unspecified atom stereocenters. The second-order valence-corrected chi connectivity index (χ2v) is 14.3. The molecular weight excluding hydrogens is 793 g/mol. The van der Waals surface area contributed by atoms with Gasteiger partial charge >= 0.3 is 12.1 Å². The zero-order valence-corrected chi connectivity index (χ0v) is 35.4. The summed E-state index contributed by atoms with van der Waals surface area (Å²) in [5.41, 5.74) is 18.2. The molecule has 0 saturated carbocycles. The predicted octanol–water partition coefficient (Wildman–Crippen LogP) is 2.51. The third-order valence-electron chi connectivity index (χ3n) is 9.50. The van der Waals surface area contributed by atoms with Crippen molar-refractivity contribution >= 4 is 23.1 Å². The van der Waals surface area contributed by atoms with Crippen molar-refractivity contribution in [1.29, 1.82) is 0 Å². The Bertz CT molecular complexity index is 1680. The molecule has 59 heavy (non-hydrogen) atoms. The maximum atomic E-state index is 10.6. The number of alkyl halides is 3. The Kier molecular flexibility index (Phi) is 23.2. The van der Waals surface area contributed by atoms with Crippen LogP contribution in [-0.4, -0.2) is 133 Å². The van der Waals surface area contributed by atoms with Gasteiger partial charge < -0.3 is 62.3 Å². The van der Waals surface area contributed by atoms with E-state index in [0.717, 1.165) is 13.1 Å². The molecule has 0 spiro atoms. The van der Waals surface area contributed by atoms with E-state index in [0.29, 0.717) is 92.4 Å². The molecule has 0 atom stereocenters. The van der Waals surface area contributed by atoms with Gasteiger partial charge in [0.2, 0.25) is 5.69 Å². The number of carboxylic acid groups (broad SMARTS) is 1. The van der Waals surface area contributed by atoms with Crippen LogP contribution in [0.4, 0.5) is 24.5 Å². The Morgan fingerprint density at radius 2 is 1.17 bits per heavy atom. The minimum Gasteiger partial charge on any atom is -1.00 e. The summed E-state index contributed by atoms with van der Waals surface area (Å²) in [5, 5.41) is 7.12. The number of nitrogens with zero attached hydrogens (tertiary/aromatic N) is 2. The molecule has 0 radical (unpaired) electrons. The van der Waals surface area contributed by atoms with Crippen molar-refractivity contribution in [3.05, 3.63) is 95.7 Å². The van der Waals surface area contributed by atoms with Gasteiger partial charge in [-0.05, 0) is 31.6 Å². The summed E-state index contributed by atoms with van der Waals surface area (Å²) in [6.07, 6.45) is 5.83. The molecule has 2 aliphatic heterocycles. The number of carboxylic acids is 1. The predicted molar refractivity (Wildman–Crippen MR) is 219 cm³/mol. The van der Waals surface area contributed by atoms with Gasteiger partial charge in [0.25, 0.3) is 0 Å². The molecule has 0 bridgehead atoms. The van der Waals surface area contributed by atoms with E-state index in [1.807, 2.05) is 0 Å². The number of hydrogen-bond donors (Lipinski definition) is 3. The first kappa shape index (κ1) is 51.5. The van der Waals surface area contributed by atoms with Crippen LogP contribution in [0, 0.1) is 0 Å². The summed E-state index contributed by atoms with van der Waals surface area (Å²) in [5.74, 6) is -2.76. The average molecular weight is 855 g/mol. The normalized spacial score (nSPS) is 16.1. The van der Waals surface area contributed by atoms with Gasteiger partial charge in [-0.15, -0.1) is 0 Å². The molecular formula is C43H62ClF3N4O8. The van der Waals surface area contributed by atoms with Crippen LogP contribution in [-0.2, 0) is 44.0 Å². The summed E-state index contributed by atoms with van der Waals surface area (Å²) in [4.78, 5) is 11.3. The molecule has 0 saturated heterocycles. The third-order valence-corrected chi connectivity index (χ3v) is 9.50. The zero-order valence-electron chi connectivity index (χ0n) is 34.7. The molecule has 12 nitrogen and oxygen atoms in total. The fraction of sp³-hybridized carbons (Fsp3) is 0.535. The number of carbonyl (C=O) groups is 1. The van der Waals surface area contributed by atoms with Gasteiger partial charge in [-0.3, -0.25) is 0 Å². The van der Waals surface area contributed by atoms with Gasteiger partial charge in [-0.2, -0.15) is 17.7 Å². The average Bonchev–Trinajstić information content (AvgIpc) is 3.54. The lowest BCUT2D eigenvalue weighted by molar-refractivity contribution is -0.442. The number of fused-ring (bicyclic) bond motifs is 2. The number of rotatable bonds is 25. The Morgan fingerprint density at radius 3 is 1.71 bits per heavy atom. The molecule has 0 amide bonds. The smallest absolute Gasteiger partial charge is 0.490 e. The second-order valence-electron chi connectivity index (χ2n) is 14.3. The Morgan fingerprint density at radius 1 is 0.695 bits per heavy atom. The van der Waals surface area contributed by atoms with E-state index in [9.17, 15) is 13.2 Å². The number of para-hydroxylation sites is 2. The van der Waals surface area contributed by atoms with Crippen LogP contribution in [0.3, 0.4) is 0 Å². The highest BCUT2D eigenvalue weighted by molar-refractivity contribution is 6.03. The Balaban J connectivity index is 0.00000137. The summed E-state index contributed by atoms with van der Waals surface area (Å²) in [7, 11) is 0. The Hall–Kier alpha value is -3.64. The molecule has 2 aromatic carbocycles. The van der Waals surface area contributed by atoms with Crippen LogP contribution in [0.25, 0.3) is 0 Å². The van der Waals surface area contributed by atoms with E-state index in [-0.39, 0.29) is 23.2 Å². The van der Waals surface area contributed by atoms with Gasteiger partial charge in [-0.25, -0.2) is 4.79 Å². The third kappa shape index (κ3) is 16.1. The summed E-state index contributed by atoms with van der Waals surface area (Å²) >= 11 is 0. The minimum absolute atomic E-state index is 0. The first-order valence-corrected chi connectivity index (χ1v) is 19.6. The number of halogens is 4. The summed E-state index contributed by atoms with van der Waals surface area (Å²) in [6.45, 7) is 18.4. The molecule has 5 N–H and O–H groups in total. The molecule has 2 aromatic rings. The van der Waals surface area contributed by atoms with Gasteiger partial charge in [-0.1, -0.05) is 68.5 Å². The molecule has 0 aliphatic carbocycles. The van der Waals surface area contributed by atoms with Gasteiger partial charge in [0.15, 0.2) is 12.3 Å². The Labute approximate surface area is 353 Å². The molecule has 4 rings (SSSR count). The monoisotopic (exact) mass is 854 g/mol. The number of ether oxygens (including phenoxy) is 6. The van der Waals surface area contributed by atoms with Crippen LogP contribution < -0.4 is 28.8 Å². The number of aliphatic carboxylic acids is 1. The van der Waals surface area contributed by atoms with Crippen LogP contribution >= 0.6 is 0 Å². The van der Waals surface area contributed by atoms with Gasteiger partial charge in [0.05, 0.1) is 78.1 Å². The standard InChI is InChI=1S/C41H61N4O6.C2HF3O2.ClH/c1-40(2)34-12-8-10-14-36(34)44(20-24-48-28-32-50-30-26-46-22-18-42)38(40)16-6-5-7-17-39-41(3,4)35-13-9-11-15-37(35)45(39)21-25-49-29-33-51-31-27-47-23-19-43;3-2(4,5)1(6)7;/h5-17H,18-33,42-43H2,1-4H3;(H,6,7);1H/q+1;;/p-1. The topological polar surface area (TPSA) is 151 Å². The molecule has 0 fully saturated rings. The van der Waals surface area contributed by atoms with Crippen LogP contribution in [0.1, 0.15) is 38.8 Å². The summed E-state index contributed by atoms with van der Waals surface area (Å²) < 4.78 is 68.0. The van der Waals surface area contributed by atoms with Crippen molar-refractivity contribution in [3.8, 4) is 0 Å². The quantitative estimate of drug-likeness (QED) is 0.0769. The highest BCUT2D eigenvalue weighted by Gasteiger charge is 2.44. The number of nitrogens with two attached hydrogens (primary N) is 2. The second kappa shape index (κ2) is 26.5. The van der Waals surface area contributed by atoms with Crippen LogP contribution in [0.15, 0.2) is 84.6 Å². The maximum Gasteiger partial charge on any atom is 0.490 e. The van der Waals surface area contributed by atoms with E-state index in [1.165, 1.54) is 33.9 Å². The van der Waals surface area contributed by atoms with Crippen LogP contribution in [0.5, 0.6) is 0 Å². The maximum absolute atomic E-state index is 10.6. The number of hydrogen-bond acceptors (Lipinski definition) is 10. The first-order chi connectivity index (χ1) is 27.8. The van der Waals surface area contributed by atoms with E-state index >= 15 is 0 Å². The molecule has 330 valence electrons. The van der Waals surface area contributed by atoms with Crippen molar-refractivity contribution in [2.75, 3.05) is 110 Å². The van der Waals surface area contributed by atoms with E-state index in [2.05, 4.69) is 116 Å². The fourth-order valence-electron chi connectivity index (χ4n) is 6.68. The highest BCUT2D eigenvalue weighted by Crippen LogP contribution is 2.47. The lowest BCUT2D eigenvalue weighted by atomic mass is 9.81. The van der Waals surface area contributed by atoms with Crippen molar-refractivity contribution < 1.29 is 68.5 Å². The van der Waals surface area contributed by atoms with E-state index in [4.69, 9.17) is 49.8 Å². The zero-order chi connectivity index (χ0) is 42.4. The van der Waals surface area contributed by atoms with E-state index in [1.54, 1.807) is 0 Å². The van der Waals surface area contributed by atoms with Crippen molar-refractivity contribution in [2.45, 2.75) is 44.7 Å². The molecule has 2 heterocycles. The molecule has 16 heteroatoms. The van der Waals surface area contributed by atoms with Crippen molar-refractivity contribution in [3.63, 3.8) is 0 Å². The number of anilines is 1. The number of benzene rings is 2. The van der Waals surface area contributed by atoms with Crippen molar-refractivity contribution in [1.82, 2.24) is 0 Å². The largest absolute Gasteiger partial charge is 1.00 e. The van der Waals surface area contributed by atoms with Gasteiger partial charge in [0, 0.05) is 54.1 Å². The van der Waals surface area contributed by atoms with E-state index < -0.39 is 12.1 Å². The van der Waals surface area contributed by atoms with Gasteiger partial charge in [0.1, 0.15) is 6.61 Å². The number of allylic oxidation sites excluding steroid dienone is 6. The first-order valence-electron chi connectivity index (χ1n) is 19.6. The SMILES string of the molecule is CC1(C)C(/C=C/C=C/C=C2/N(CCOCCOCCOCCN)c3ccccc3C2(C)C)=[N+](CCOCCOCCOCCN)c2ccccc21.O=C(O)C(F)(F)F.[Cl-]. The van der Waals surface area contributed by atoms with Crippen LogP contribution in [0.2, 0.25) is 0 Å².